The van der Waals surface area contributed by atoms with Crippen molar-refractivity contribution in [1.29, 1.82) is 0 Å². The second kappa shape index (κ2) is 6.69. The standard InChI is InChI=1S/C13H20N2O5S/c1-18-10-5-4-6-14-13(10)21(16,17)15-9-7-11(19-2)12(8-9)20-3/h4-6,9,11-12,15H,7-8H2,1-3H3/t11-,12-/m1/s1. The minimum absolute atomic E-state index is 0.109. The van der Waals surface area contributed by atoms with Crippen LogP contribution in [0.1, 0.15) is 12.8 Å². The van der Waals surface area contributed by atoms with Crippen molar-refractivity contribution in [2.45, 2.75) is 36.1 Å². The average molecular weight is 316 g/mol. The SMILES string of the molecule is COc1cccnc1S(=O)(=O)NC1C[C@@H](OC)[C@H](OC)C1. The van der Waals surface area contributed by atoms with Crippen LogP contribution in [0.4, 0.5) is 0 Å². The van der Waals surface area contributed by atoms with E-state index < -0.39 is 10.0 Å². The molecule has 0 aromatic carbocycles. The molecule has 1 aromatic heterocycles. The summed E-state index contributed by atoms with van der Waals surface area (Å²) < 4.78 is 43.2. The van der Waals surface area contributed by atoms with Crippen molar-refractivity contribution in [3.8, 4) is 5.75 Å². The molecule has 0 bridgehead atoms. The normalized spacial score (nSPS) is 23.4. The summed E-state index contributed by atoms with van der Waals surface area (Å²) in [6.45, 7) is 0. The average Bonchev–Trinajstić information content (AvgIpc) is 2.88. The molecular formula is C13H20N2O5S. The molecule has 21 heavy (non-hydrogen) atoms. The zero-order valence-corrected chi connectivity index (χ0v) is 13.1. The van der Waals surface area contributed by atoms with Crippen LogP contribution in [0.15, 0.2) is 23.4 Å². The van der Waals surface area contributed by atoms with E-state index in [1.165, 1.54) is 13.3 Å². The van der Waals surface area contributed by atoms with Crippen molar-refractivity contribution in [2.24, 2.45) is 0 Å². The van der Waals surface area contributed by atoms with Crippen LogP contribution >= 0.6 is 0 Å². The Hall–Kier alpha value is -1.22. The second-order valence-corrected chi connectivity index (χ2v) is 6.48. The van der Waals surface area contributed by atoms with Crippen LogP contribution in [-0.4, -0.2) is 53.0 Å². The summed E-state index contributed by atoms with van der Waals surface area (Å²) in [7, 11) is 0.848. The number of ether oxygens (including phenoxy) is 3. The minimum Gasteiger partial charge on any atom is -0.494 e. The number of hydrogen-bond donors (Lipinski definition) is 1. The molecule has 8 heteroatoms. The lowest BCUT2D eigenvalue weighted by Crippen LogP contribution is -2.34. The molecule has 0 saturated heterocycles. The van der Waals surface area contributed by atoms with Gasteiger partial charge in [-0.1, -0.05) is 0 Å². The van der Waals surface area contributed by atoms with Gasteiger partial charge in [0.1, 0.15) is 0 Å². The number of nitrogens with one attached hydrogen (secondary N) is 1. The van der Waals surface area contributed by atoms with Gasteiger partial charge in [-0.2, -0.15) is 0 Å². The van der Waals surface area contributed by atoms with E-state index in [4.69, 9.17) is 14.2 Å². The zero-order valence-electron chi connectivity index (χ0n) is 12.3. The van der Waals surface area contributed by atoms with Gasteiger partial charge in [0, 0.05) is 26.5 Å². The fourth-order valence-electron chi connectivity index (χ4n) is 2.56. The molecule has 1 aliphatic rings. The van der Waals surface area contributed by atoms with Gasteiger partial charge in [-0.3, -0.25) is 0 Å². The predicted molar refractivity (Wildman–Crippen MR) is 75.7 cm³/mol. The highest BCUT2D eigenvalue weighted by molar-refractivity contribution is 7.89. The van der Waals surface area contributed by atoms with Gasteiger partial charge in [0.15, 0.2) is 5.75 Å². The molecule has 2 rings (SSSR count). The monoisotopic (exact) mass is 316 g/mol. The van der Waals surface area contributed by atoms with Crippen LogP contribution in [0.5, 0.6) is 5.75 Å². The van der Waals surface area contributed by atoms with E-state index >= 15 is 0 Å². The maximum absolute atomic E-state index is 12.4. The molecule has 0 amide bonds. The first kappa shape index (κ1) is 16.2. The first-order valence-electron chi connectivity index (χ1n) is 6.58. The van der Waals surface area contributed by atoms with Crippen LogP contribution < -0.4 is 9.46 Å². The highest BCUT2D eigenvalue weighted by atomic mass is 32.2. The van der Waals surface area contributed by atoms with Crippen molar-refractivity contribution >= 4 is 10.0 Å². The maximum Gasteiger partial charge on any atom is 0.262 e. The summed E-state index contributed by atoms with van der Waals surface area (Å²) in [6, 6.07) is 2.93. The zero-order chi connectivity index (χ0) is 15.5. The Morgan fingerprint density at radius 1 is 1.19 bits per heavy atom. The number of hydrogen-bond acceptors (Lipinski definition) is 6. The Balaban J connectivity index is 2.15. The first-order valence-corrected chi connectivity index (χ1v) is 8.07. The van der Waals surface area contributed by atoms with Gasteiger partial charge in [0.2, 0.25) is 5.03 Å². The van der Waals surface area contributed by atoms with Crippen LogP contribution in [0.3, 0.4) is 0 Å². The Bertz CT molecular complexity index is 566. The minimum atomic E-state index is -3.75. The maximum atomic E-state index is 12.4. The topological polar surface area (TPSA) is 86.8 Å². The van der Waals surface area contributed by atoms with Gasteiger partial charge in [0.25, 0.3) is 10.0 Å². The van der Waals surface area contributed by atoms with Gasteiger partial charge in [0.05, 0.1) is 19.3 Å². The summed E-state index contributed by atoms with van der Waals surface area (Å²) in [4.78, 5) is 3.90. The Labute approximate surface area is 124 Å². The molecule has 1 saturated carbocycles. The van der Waals surface area contributed by atoms with Crippen molar-refractivity contribution < 1.29 is 22.6 Å². The predicted octanol–water partition coefficient (Wildman–Crippen LogP) is 0.561. The lowest BCUT2D eigenvalue weighted by atomic mass is 10.3. The molecule has 1 aliphatic carbocycles. The van der Waals surface area contributed by atoms with Crippen molar-refractivity contribution in [2.75, 3.05) is 21.3 Å². The fourth-order valence-corrected chi connectivity index (χ4v) is 3.92. The summed E-state index contributed by atoms with van der Waals surface area (Å²) in [6.07, 6.45) is 2.30. The summed E-state index contributed by atoms with van der Waals surface area (Å²) >= 11 is 0. The number of pyridine rings is 1. The van der Waals surface area contributed by atoms with Gasteiger partial charge in [-0.15, -0.1) is 0 Å². The fraction of sp³-hybridized carbons (Fsp3) is 0.615. The number of sulfonamides is 1. The molecule has 0 aliphatic heterocycles. The van der Waals surface area contributed by atoms with Crippen LogP contribution in [0.25, 0.3) is 0 Å². The van der Waals surface area contributed by atoms with Gasteiger partial charge >= 0.3 is 0 Å². The lowest BCUT2D eigenvalue weighted by molar-refractivity contribution is -0.0157. The second-order valence-electron chi connectivity index (χ2n) is 4.85. The molecule has 118 valence electrons. The van der Waals surface area contributed by atoms with E-state index in [1.54, 1.807) is 26.4 Å². The van der Waals surface area contributed by atoms with E-state index in [0.29, 0.717) is 12.8 Å². The van der Waals surface area contributed by atoms with E-state index in [-0.39, 0.29) is 29.0 Å². The summed E-state index contributed by atoms with van der Waals surface area (Å²) in [5, 5.41) is -0.109. The molecule has 7 nitrogen and oxygen atoms in total. The number of aromatic nitrogens is 1. The van der Waals surface area contributed by atoms with Crippen molar-refractivity contribution in [3.05, 3.63) is 18.3 Å². The smallest absolute Gasteiger partial charge is 0.262 e. The molecule has 1 fully saturated rings. The van der Waals surface area contributed by atoms with Crippen LogP contribution in [0.2, 0.25) is 0 Å². The highest BCUT2D eigenvalue weighted by Crippen LogP contribution is 2.27. The first-order chi connectivity index (χ1) is 10.0. The largest absolute Gasteiger partial charge is 0.494 e. The van der Waals surface area contributed by atoms with E-state index in [1.807, 2.05) is 0 Å². The number of rotatable bonds is 6. The molecule has 1 aromatic rings. The molecule has 0 radical (unpaired) electrons. The van der Waals surface area contributed by atoms with E-state index in [0.717, 1.165) is 0 Å². The highest BCUT2D eigenvalue weighted by Gasteiger charge is 2.37. The van der Waals surface area contributed by atoms with E-state index in [2.05, 4.69) is 9.71 Å². The molecule has 0 unspecified atom stereocenters. The van der Waals surface area contributed by atoms with Gasteiger partial charge in [-0.05, 0) is 25.0 Å². The van der Waals surface area contributed by atoms with Gasteiger partial charge < -0.3 is 14.2 Å². The third-order valence-corrected chi connectivity index (χ3v) is 5.05. The van der Waals surface area contributed by atoms with Crippen molar-refractivity contribution in [1.82, 2.24) is 9.71 Å². The lowest BCUT2D eigenvalue weighted by Gasteiger charge is -2.15. The molecule has 2 atom stereocenters. The third kappa shape index (κ3) is 3.52. The van der Waals surface area contributed by atoms with E-state index in [9.17, 15) is 8.42 Å². The molecular weight excluding hydrogens is 296 g/mol. The summed E-state index contributed by atoms with van der Waals surface area (Å²) in [5.41, 5.74) is 0. The van der Waals surface area contributed by atoms with Crippen molar-refractivity contribution in [3.63, 3.8) is 0 Å². The Morgan fingerprint density at radius 2 is 1.81 bits per heavy atom. The van der Waals surface area contributed by atoms with Gasteiger partial charge in [-0.25, -0.2) is 18.1 Å². The third-order valence-electron chi connectivity index (χ3n) is 3.59. The Morgan fingerprint density at radius 3 is 2.33 bits per heavy atom. The van der Waals surface area contributed by atoms with Crippen LogP contribution in [-0.2, 0) is 19.5 Å². The number of methoxy groups -OCH3 is 3. The van der Waals surface area contributed by atoms with Crippen LogP contribution in [0, 0.1) is 0 Å². The number of nitrogens with zero attached hydrogens (tertiary/aromatic N) is 1. The molecule has 1 heterocycles. The molecule has 0 spiro atoms. The quantitative estimate of drug-likeness (QED) is 0.825. The summed E-state index contributed by atoms with van der Waals surface area (Å²) in [5.74, 6) is 0.217. The molecule has 1 N–H and O–H groups in total. The Kier molecular flexibility index (Phi) is 5.15.